The number of hydrogen-bond donors (Lipinski definition) is 1. The second kappa shape index (κ2) is 4.63. The van der Waals surface area contributed by atoms with Crippen LogP contribution in [0.2, 0.25) is 0 Å². The first-order chi connectivity index (χ1) is 8.48. The molecule has 0 fully saturated rings. The van der Waals surface area contributed by atoms with Crippen molar-refractivity contribution in [2.75, 3.05) is 7.11 Å². The largest absolute Gasteiger partial charge is 0.496 e. The van der Waals surface area contributed by atoms with Crippen LogP contribution in [-0.2, 0) is 12.4 Å². The monoisotopic (exact) mass is 287 g/mol. The first kappa shape index (κ1) is 15.1. The van der Waals surface area contributed by atoms with Crippen molar-refractivity contribution < 1.29 is 35.9 Å². The van der Waals surface area contributed by atoms with Gasteiger partial charge in [-0.1, -0.05) is 0 Å². The smallest absolute Gasteiger partial charge is 0.419 e. The predicted octanol–water partition coefficient (Wildman–Crippen LogP) is 2.83. The molecule has 1 rings (SSSR count). The highest BCUT2D eigenvalue weighted by Crippen LogP contribution is 2.41. The summed E-state index contributed by atoms with van der Waals surface area (Å²) in [4.78, 5) is 10.9. The van der Waals surface area contributed by atoms with Crippen LogP contribution in [0.5, 0.6) is 5.75 Å². The highest BCUT2D eigenvalue weighted by molar-refractivity contribution is 5.95. The standard InChI is InChI=1S/C10H7F6NO2/c1-19-7-3-5(9(11,12)13)4(8(17)18)2-6(7)10(14,15)16/h2-3H,1H3,(H2,17,18). The number of carbonyl (C=O) groups is 1. The third-order valence-electron chi connectivity index (χ3n) is 2.22. The summed E-state index contributed by atoms with van der Waals surface area (Å²) in [5.41, 5.74) is 0.323. The van der Waals surface area contributed by atoms with Gasteiger partial charge in [-0.05, 0) is 12.1 Å². The van der Waals surface area contributed by atoms with Crippen LogP contribution in [0, 0.1) is 0 Å². The first-order valence-electron chi connectivity index (χ1n) is 4.64. The molecule has 3 nitrogen and oxygen atoms in total. The third-order valence-corrected chi connectivity index (χ3v) is 2.22. The van der Waals surface area contributed by atoms with E-state index in [1.165, 1.54) is 0 Å². The van der Waals surface area contributed by atoms with Crippen LogP contribution in [0.1, 0.15) is 21.5 Å². The average Bonchev–Trinajstić information content (AvgIpc) is 2.24. The van der Waals surface area contributed by atoms with Crippen molar-refractivity contribution in [3.63, 3.8) is 0 Å². The van der Waals surface area contributed by atoms with Crippen LogP contribution in [0.3, 0.4) is 0 Å². The lowest BCUT2D eigenvalue weighted by Gasteiger charge is -2.17. The number of hydrogen-bond acceptors (Lipinski definition) is 2. The van der Waals surface area contributed by atoms with Crippen molar-refractivity contribution in [2.45, 2.75) is 12.4 Å². The number of nitrogens with two attached hydrogens (primary N) is 1. The van der Waals surface area contributed by atoms with E-state index in [9.17, 15) is 31.1 Å². The second-order valence-electron chi connectivity index (χ2n) is 3.46. The van der Waals surface area contributed by atoms with Crippen LogP contribution in [-0.4, -0.2) is 13.0 Å². The Balaban J connectivity index is 3.66. The number of methoxy groups -OCH3 is 1. The Labute approximate surface area is 102 Å². The summed E-state index contributed by atoms with van der Waals surface area (Å²) in [6, 6.07) is 0.132. The zero-order valence-electron chi connectivity index (χ0n) is 9.32. The summed E-state index contributed by atoms with van der Waals surface area (Å²) in [5, 5.41) is 0. The van der Waals surface area contributed by atoms with Gasteiger partial charge in [-0.25, -0.2) is 0 Å². The van der Waals surface area contributed by atoms with E-state index in [2.05, 4.69) is 10.5 Å². The van der Waals surface area contributed by atoms with Crippen LogP contribution in [0.15, 0.2) is 12.1 Å². The predicted molar refractivity (Wildman–Crippen MR) is 51.5 cm³/mol. The van der Waals surface area contributed by atoms with E-state index in [0.717, 1.165) is 7.11 Å². The molecule has 0 aliphatic heterocycles. The van der Waals surface area contributed by atoms with Gasteiger partial charge >= 0.3 is 12.4 Å². The van der Waals surface area contributed by atoms with Gasteiger partial charge in [0, 0.05) is 0 Å². The molecule has 0 radical (unpaired) electrons. The molecule has 0 bridgehead atoms. The van der Waals surface area contributed by atoms with Crippen molar-refractivity contribution in [1.29, 1.82) is 0 Å². The number of halogens is 6. The minimum Gasteiger partial charge on any atom is -0.496 e. The van der Waals surface area contributed by atoms with Crippen LogP contribution < -0.4 is 10.5 Å². The topological polar surface area (TPSA) is 52.3 Å². The van der Waals surface area contributed by atoms with E-state index >= 15 is 0 Å². The Morgan fingerprint density at radius 2 is 1.53 bits per heavy atom. The molecule has 19 heavy (non-hydrogen) atoms. The molecule has 0 unspecified atom stereocenters. The maximum absolute atomic E-state index is 12.6. The van der Waals surface area contributed by atoms with Crippen molar-refractivity contribution in [2.24, 2.45) is 5.73 Å². The van der Waals surface area contributed by atoms with Gasteiger partial charge in [0.1, 0.15) is 5.75 Å². The van der Waals surface area contributed by atoms with Crippen LogP contribution in [0.4, 0.5) is 26.3 Å². The molecule has 0 atom stereocenters. The number of alkyl halides is 6. The summed E-state index contributed by atoms with van der Waals surface area (Å²) in [6.07, 6.45) is -10.00. The highest BCUT2D eigenvalue weighted by atomic mass is 19.4. The summed E-state index contributed by atoms with van der Waals surface area (Å²) in [6.45, 7) is 0. The van der Waals surface area contributed by atoms with Crippen molar-refractivity contribution >= 4 is 5.91 Å². The van der Waals surface area contributed by atoms with Crippen LogP contribution >= 0.6 is 0 Å². The summed E-state index contributed by atoms with van der Waals surface area (Å²) in [5.74, 6) is -2.65. The van der Waals surface area contributed by atoms with E-state index in [1.54, 1.807) is 0 Å². The van der Waals surface area contributed by atoms with E-state index in [4.69, 9.17) is 0 Å². The molecule has 106 valence electrons. The third kappa shape index (κ3) is 3.09. The SMILES string of the molecule is COc1cc(C(F)(F)F)c(C(N)=O)cc1C(F)(F)F. The normalized spacial score (nSPS) is 12.4. The lowest BCUT2D eigenvalue weighted by molar-refractivity contribution is -0.142. The zero-order chi connectivity index (χ0) is 15.0. The Morgan fingerprint density at radius 1 is 1.05 bits per heavy atom. The van der Waals surface area contributed by atoms with E-state index in [-0.39, 0.29) is 12.1 Å². The number of amides is 1. The maximum atomic E-state index is 12.6. The summed E-state index contributed by atoms with van der Waals surface area (Å²) < 4.78 is 79.9. The molecule has 0 heterocycles. The van der Waals surface area contributed by atoms with Gasteiger partial charge in [0.25, 0.3) is 0 Å². The van der Waals surface area contributed by atoms with Gasteiger partial charge in [0.2, 0.25) is 5.91 Å². The van der Waals surface area contributed by atoms with E-state index in [1.807, 2.05) is 0 Å². The van der Waals surface area contributed by atoms with E-state index in [0.29, 0.717) is 0 Å². The first-order valence-corrected chi connectivity index (χ1v) is 4.64. The lowest BCUT2D eigenvalue weighted by Crippen LogP contribution is -2.21. The van der Waals surface area contributed by atoms with Gasteiger partial charge in [0.05, 0.1) is 23.8 Å². The van der Waals surface area contributed by atoms with Crippen molar-refractivity contribution in [3.8, 4) is 5.75 Å². The highest BCUT2D eigenvalue weighted by Gasteiger charge is 2.41. The summed E-state index contributed by atoms with van der Waals surface area (Å²) >= 11 is 0. The Kier molecular flexibility index (Phi) is 3.69. The molecular weight excluding hydrogens is 280 g/mol. The molecule has 0 saturated carbocycles. The molecule has 1 amide bonds. The van der Waals surface area contributed by atoms with Gasteiger partial charge in [-0.15, -0.1) is 0 Å². The van der Waals surface area contributed by atoms with Crippen molar-refractivity contribution in [3.05, 3.63) is 28.8 Å². The quantitative estimate of drug-likeness (QED) is 0.850. The number of benzene rings is 1. The van der Waals surface area contributed by atoms with Crippen LogP contribution in [0.25, 0.3) is 0 Å². The van der Waals surface area contributed by atoms with Gasteiger partial charge in [-0.3, -0.25) is 4.79 Å². The average molecular weight is 287 g/mol. The molecule has 0 saturated heterocycles. The molecule has 1 aromatic rings. The van der Waals surface area contributed by atoms with Gasteiger partial charge in [0.15, 0.2) is 0 Å². The molecule has 9 heteroatoms. The van der Waals surface area contributed by atoms with Gasteiger partial charge in [-0.2, -0.15) is 26.3 Å². The minimum atomic E-state index is -5.03. The molecule has 1 aromatic carbocycles. The number of ether oxygens (including phenoxy) is 1. The minimum absolute atomic E-state index is 0.0317. The fourth-order valence-electron chi connectivity index (χ4n) is 1.41. The van der Waals surface area contributed by atoms with Crippen molar-refractivity contribution in [1.82, 2.24) is 0 Å². The maximum Gasteiger partial charge on any atom is 0.419 e. The van der Waals surface area contributed by atoms with E-state index < -0.39 is 40.7 Å². The molecule has 0 aliphatic rings. The second-order valence-corrected chi connectivity index (χ2v) is 3.46. The van der Waals surface area contributed by atoms with Gasteiger partial charge < -0.3 is 10.5 Å². The Hall–Kier alpha value is -1.93. The fraction of sp³-hybridized carbons (Fsp3) is 0.300. The number of primary amides is 1. The number of rotatable bonds is 2. The molecule has 2 N–H and O–H groups in total. The lowest BCUT2D eigenvalue weighted by atomic mass is 10.0. The zero-order valence-corrected chi connectivity index (χ0v) is 9.32. The molecule has 0 aliphatic carbocycles. The molecule has 0 spiro atoms. The Morgan fingerprint density at radius 3 is 1.84 bits per heavy atom. The fourth-order valence-corrected chi connectivity index (χ4v) is 1.41. The summed E-state index contributed by atoms with van der Waals surface area (Å²) in [7, 11) is 0.786. The molecular formula is C10H7F6NO2. The Bertz CT molecular complexity index is 506. The number of carbonyl (C=O) groups excluding carboxylic acids is 1. The molecule has 0 aromatic heterocycles.